The Morgan fingerprint density at radius 2 is 1.85 bits per heavy atom. The van der Waals surface area contributed by atoms with Gasteiger partial charge in [0.25, 0.3) is 0 Å². The fourth-order valence-corrected chi connectivity index (χ4v) is 4.15. The number of carbonyl (C=O) groups is 1. The van der Waals surface area contributed by atoms with Gasteiger partial charge in [-0.25, -0.2) is 0 Å². The van der Waals surface area contributed by atoms with Gasteiger partial charge < -0.3 is 10.2 Å². The molecule has 2 aliphatic heterocycles. The minimum atomic E-state index is -0.342. The summed E-state index contributed by atoms with van der Waals surface area (Å²) in [4.78, 5) is 17.4. The number of benzene rings is 1. The maximum absolute atomic E-state index is 12.4. The van der Waals surface area contributed by atoms with Crippen molar-refractivity contribution in [2.24, 2.45) is 5.41 Å². The van der Waals surface area contributed by atoms with Gasteiger partial charge in [0.15, 0.2) is 0 Å². The van der Waals surface area contributed by atoms with Crippen molar-refractivity contribution in [3.8, 4) is 0 Å². The fourth-order valence-electron chi connectivity index (χ4n) is 4.15. The highest BCUT2D eigenvalue weighted by molar-refractivity contribution is 5.81. The van der Waals surface area contributed by atoms with Crippen LogP contribution in [0, 0.1) is 5.41 Å². The quantitative estimate of drug-likeness (QED) is 0.891. The first-order chi connectivity index (χ1) is 12.4. The monoisotopic (exact) mass is 357 g/mol. The van der Waals surface area contributed by atoms with Crippen molar-refractivity contribution in [1.29, 1.82) is 0 Å². The molecule has 1 saturated heterocycles. The Morgan fingerprint density at radius 3 is 2.54 bits per heavy atom. The molecule has 0 saturated carbocycles. The number of nitrogens with one attached hydrogen (secondary N) is 1. The topological polar surface area (TPSA) is 35.6 Å². The van der Waals surface area contributed by atoms with Crippen molar-refractivity contribution < 1.29 is 4.79 Å². The predicted octanol–water partition coefficient (Wildman–Crippen LogP) is 3.76. The van der Waals surface area contributed by atoms with E-state index in [1.807, 2.05) is 20.8 Å². The summed E-state index contributed by atoms with van der Waals surface area (Å²) in [5.74, 6) is 0.136. The van der Waals surface area contributed by atoms with E-state index in [0.717, 1.165) is 26.1 Å². The van der Waals surface area contributed by atoms with Crippen LogP contribution in [-0.4, -0.2) is 44.0 Å². The van der Waals surface area contributed by atoms with Gasteiger partial charge in [0.1, 0.15) is 0 Å². The number of hydrogen-bond acceptors (Lipinski definition) is 3. The van der Waals surface area contributed by atoms with Gasteiger partial charge >= 0.3 is 0 Å². The molecular weight excluding hydrogens is 322 g/mol. The Labute approximate surface area is 158 Å². The normalized spacial score (nSPS) is 19.8. The van der Waals surface area contributed by atoms with Crippen LogP contribution in [0.15, 0.2) is 18.2 Å². The van der Waals surface area contributed by atoms with E-state index in [2.05, 4.69) is 40.4 Å². The van der Waals surface area contributed by atoms with Crippen LogP contribution >= 0.6 is 0 Å². The minimum Gasteiger partial charge on any atom is -0.374 e. The average Bonchev–Trinajstić information content (AvgIpc) is 2.62. The summed E-state index contributed by atoms with van der Waals surface area (Å²) < 4.78 is 0. The van der Waals surface area contributed by atoms with Crippen molar-refractivity contribution in [2.75, 3.05) is 38.1 Å². The van der Waals surface area contributed by atoms with Gasteiger partial charge in [0.2, 0.25) is 5.91 Å². The van der Waals surface area contributed by atoms with E-state index in [4.69, 9.17) is 0 Å². The Morgan fingerprint density at radius 1 is 1.12 bits per heavy atom. The molecule has 144 valence electrons. The summed E-state index contributed by atoms with van der Waals surface area (Å²) in [6.45, 7) is 10.0. The van der Waals surface area contributed by atoms with Crippen LogP contribution in [0.5, 0.6) is 0 Å². The number of piperidine rings is 1. The highest BCUT2D eigenvalue weighted by Gasteiger charge is 2.27. The first kappa shape index (κ1) is 19.2. The summed E-state index contributed by atoms with van der Waals surface area (Å²) in [6, 6.07) is 7.24. The second-order valence-electron chi connectivity index (χ2n) is 8.99. The van der Waals surface area contributed by atoms with E-state index in [1.165, 1.54) is 42.5 Å². The number of rotatable bonds is 4. The minimum absolute atomic E-state index is 0.136. The first-order valence-corrected chi connectivity index (χ1v) is 10.2. The van der Waals surface area contributed by atoms with Gasteiger partial charge in [-0.1, -0.05) is 39.3 Å². The molecule has 2 heterocycles. The highest BCUT2D eigenvalue weighted by atomic mass is 16.2. The number of fused-ring (bicyclic) bond motifs is 1. The molecule has 1 unspecified atom stereocenters. The molecule has 1 atom stereocenters. The molecule has 4 nitrogen and oxygen atoms in total. The van der Waals surface area contributed by atoms with Gasteiger partial charge in [-0.05, 0) is 56.0 Å². The van der Waals surface area contributed by atoms with E-state index in [0.29, 0.717) is 6.54 Å². The second-order valence-corrected chi connectivity index (χ2v) is 8.99. The Balaban J connectivity index is 1.82. The summed E-state index contributed by atoms with van der Waals surface area (Å²) >= 11 is 0. The Kier molecular flexibility index (Phi) is 5.91. The Hall–Kier alpha value is -1.55. The smallest absolute Gasteiger partial charge is 0.225 e. The number of hydrogen-bond donors (Lipinski definition) is 1. The van der Waals surface area contributed by atoms with Crippen molar-refractivity contribution in [2.45, 2.75) is 58.9 Å². The third-order valence-electron chi connectivity index (χ3n) is 5.81. The van der Waals surface area contributed by atoms with Gasteiger partial charge in [0, 0.05) is 31.2 Å². The zero-order valence-electron chi connectivity index (χ0n) is 17.0. The summed E-state index contributed by atoms with van der Waals surface area (Å²) in [7, 11) is 2.18. The lowest BCUT2D eigenvalue weighted by Gasteiger charge is -2.36. The maximum atomic E-state index is 12.4. The van der Waals surface area contributed by atoms with Crippen molar-refractivity contribution >= 4 is 11.6 Å². The molecule has 2 aliphatic rings. The van der Waals surface area contributed by atoms with Gasteiger partial charge in [-0.15, -0.1) is 0 Å². The maximum Gasteiger partial charge on any atom is 0.225 e. The number of nitrogens with zero attached hydrogens (tertiary/aromatic N) is 2. The SMILES string of the molecule is CN1CCCc2cc(C(CNC(=O)C(C)(C)C)N3CCCCC3)ccc21. The van der Waals surface area contributed by atoms with Crippen LogP contribution in [0.2, 0.25) is 0 Å². The van der Waals surface area contributed by atoms with E-state index < -0.39 is 0 Å². The zero-order chi connectivity index (χ0) is 18.7. The first-order valence-electron chi connectivity index (χ1n) is 10.2. The van der Waals surface area contributed by atoms with Gasteiger partial charge in [-0.2, -0.15) is 0 Å². The number of anilines is 1. The van der Waals surface area contributed by atoms with Crippen LogP contribution in [0.3, 0.4) is 0 Å². The lowest BCUT2D eigenvalue weighted by molar-refractivity contribution is -0.128. The van der Waals surface area contributed by atoms with Crippen LogP contribution < -0.4 is 10.2 Å². The van der Waals surface area contributed by atoms with Crippen molar-refractivity contribution in [1.82, 2.24) is 10.2 Å². The molecule has 0 aromatic heterocycles. The molecule has 0 bridgehead atoms. The van der Waals surface area contributed by atoms with Crippen molar-refractivity contribution in [3.63, 3.8) is 0 Å². The molecule has 0 aliphatic carbocycles. The zero-order valence-corrected chi connectivity index (χ0v) is 17.0. The van der Waals surface area contributed by atoms with E-state index in [1.54, 1.807) is 0 Å². The molecule has 1 N–H and O–H groups in total. The molecule has 4 heteroatoms. The van der Waals surface area contributed by atoms with Gasteiger partial charge in [0.05, 0.1) is 6.04 Å². The molecule has 0 spiro atoms. The predicted molar refractivity (Wildman–Crippen MR) is 109 cm³/mol. The summed E-state index contributed by atoms with van der Waals surface area (Å²) in [5.41, 5.74) is 3.84. The number of amides is 1. The Bertz CT molecular complexity index is 629. The van der Waals surface area contributed by atoms with E-state index in [-0.39, 0.29) is 17.4 Å². The van der Waals surface area contributed by atoms with Gasteiger partial charge in [-0.3, -0.25) is 9.69 Å². The average molecular weight is 358 g/mol. The van der Waals surface area contributed by atoms with E-state index >= 15 is 0 Å². The van der Waals surface area contributed by atoms with Crippen LogP contribution in [0.1, 0.15) is 63.6 Å². The van der Waals surface area contributed by atoms with Crippen molar-refractivity contribution in [3.05, 3.63) is 29.3 Å². The molecular formula is C22H35N3O. The summed E-state index contributed by atoms with van der Waals surface area (Å²) in [5, 5.41) is 3.22. The fraction of sp³-hybridized carbons (Fsp3) is 0.682. The highest BCUT2D eigenvalue weighted by Crippen LogP contribution is 2.31. The molecule has 1 fully saturated rings. The molecule has 1 aromatic rings. The van der Waals surface area contributed by atoms with E-state index in [9.17, 15) is 4.79 Å². The second kappa shape index (κ2) is 7.99. The molecule has 1 amide bonds. The molecule has 0 radical (unpaired) electrons. The molecule has 26 heavy (non-hydrogen) atoms. The number of carbonyl (C=O) groups excluding carboxylic acids is 1. The third-order valence-corrected chi connectivity index (χ3v) is 5.81. The summed E-state index contributed by atoms with van der Waals surface area (Å²) in [6.07, 6.45) is 6.23. The third kappa shape index (κ3) is 4.40. The lowest BCUT2D eigenvalue weighted by atomic mass is 9.93. The largest absolute Gasteiger partial charge is 0.374 e. The van der Waals surface area contributed by atoms with Crippen LogP contribution in [0.4, 0.5) is 5.69 Å². The van der Waals surface area contributed by atoms with Crippen LogP contribution in [0.25, 0.3) is 0 Å². The molecule has 1 aromatic carbocycles. The number of aryl methyl sites for hydroxylation is 1. The molecule has 3 rings (SSSR count). The number of likely N-dealkylation sites (tertiary alicyclic amines) is 1. The lowest BCUT2D eigenvalue weighted by Crippen LogP contribution is -2.43. The van der Waals surface area contributed by atoms with Crippen LogP contribution in [-0.2, 0) is 11.2 Å². The standard InChI is InChI=1S/C22H35N3O/c1-22(2,3)21(26)23-16-20(25-13-6-5-7-14-25)18-10-11-19-17(15-18)9-8-12-24(19)4/h10-11,15,20H,5-9,12-14,16H2,1-4H3,(H,23,26).